The molecule has 2 aromatic rings. The molecule has 6 heteroatoms. The van der Waals surface area contributed by atoms with Crippen LogP contribution < -0.4 is 5.32 Å². The van der Waals surface area contributed by atoms with Gasteiger partial charge in [0.1, 0.15) is 0 Å². The molecule has 112 valence electrons. The maximum atomic E-state index is 11.9. The maximum absolute atomic E-state index is 11.9. The number of carbonyl (C=O) groups excluding carboxylic acids is 1. The number of hydrogen-bond acceptors (Lipinski definition) is 2. The van der Waals surface area contributed by atoms with Crippen LogP contribution in [0.4, 0.5) is 5.69 Å². The SMILES string of the molecule is O=C(C=Cc1ccccc1Br)Nc1cc(Cl)ccc1C(=O)O. The lowest BCUT2D eigenvalue weighted by molar-refractivity contribution is -0.111. The summed E-state index contributed by atoms with van der Waals surface area (Å²) in [4.78, 5) is 23.1. The van der Waals surface area contributed by atoms with E-state index in [1.165, 1.54) is 24.3 Å². The summed E-state index contributed by atoms with van der Waals surface area (Å²) in [5.74, 6) is -1.58. The predicted molar refractivity (Wildman–Crippen MR) is 90.2 cm³/mol. The van der Waals surface area contributed by atoms with Crippen LogP contribution in [0, 0.1) is 0 Å². The minimum Gasteiger partial charge on any atom is -0.478 e. The lowest BCUT2D eigenvalue weighted by Crippen LogP contribution is -2.12. The number of carboxylic acid groups (broad SMARTS) is 1. The fourth-order valence-electron chi connectivity index (χ4n) is 1.76. The number of rotatable bonds is 4. The molecule has 0 aliphatic rings. The van der Waals surface area contributed by atoms with Crippen LogP contribution in [0.2, 0.25) is 5.02 Å². The van der Waals surface area contributed by atoms with Crippen molar-refractivity contribution in [1.29, 1.82) is 0 Å². The van der Waals surface area contributed by atoms with Gasteiger partial charge in [0.05, 0.1) is 11.3 Å². The van der Waals surface area contributed by atoms with Crippen LogP contribution in [0.1, 0.15) is 15.9 Å². The highest BCUT2D eigenvalue weighted by Gasteiger charge is 2.11. The Morgan fingerprint density at radius 1 is 1.18 bits per heavy atom. The van der Waals surface area contributed by atoms with Crippen molar-refractivity contribution < 1.29 is 14.7 Å². The molecule has 1 amide bonds. The summed E-state index contributed by atoms with van der Waals surface area (Å²) >= 11 is 9.21. The van der Waals surface area contributed by atoms with Crippen molar-refractivity contribution in [2.45, 2.75) is 0 Å². The van der Waals surface area contributed by atoms with E-state index < -0.39 is 11.9 Å². The van der Waals surface area contributed by atoms with Gasteiger partial charge < -0.3 is 10.4 Å². The van der Waals surface area contributed by atoms with Gasteiger partial charge in [-0.15, -0.1) is 0 Å². The molecular formula is C16H11BrClNO3. The number of amides is 1. The smallest absolute Gasteiger partial charge is 0.337 e. The van der Waals surface area contributed by atoms with Crippen LogP contribution in [-0.4, -0.2) is 17.0 Å². The molecule has 0 spiro atoms. The van der Waals surface area contributed by atoms with Crippen molar-refractivity contribution in [3.05, 3.63) is 69.2 Å². The van der Waals surface area contributed by atoms with Gasteiger partial charge in [0.15, 0.2) is 0 Å². The third kappa shape index (κ3) is 4.19. The van der Waals surface area contributed by atoms with E-state index in [0.717, 1.165) is 10.0 Å². The van der Waals surface area contributed by atoms with Gasteiger partial charge >= 0.3 is 5.97 Å². The number of nitrogens with one attached hydrogen (secondary N) is 1. The molecule has 22 heavy (non-hydrogen) atoms. The second-order valence-corrected chi connectivity index (χ2v) is 5.63. The topological polar surface area (TPSA) is 66.4 Å². The summed E-state index contributed by atoms with van der Waals surface area (Å²) in [6.07, 6.45) is 2.96. The van der Waals surface area contributed by atoms with Gasteiger partial charge in [0, 0.05) is 15.6 Å². The fourth-order valence-corrected chi connectivity index (χ4v) is 2.35. The van der Waals surface area contributed by atoms with Gasteiger partial charge in [-0.05, 0) is 35.9 Å². The van der Waals surface area contributed by atoms with E-state index in [1.807, 2.05) is 24.3 Å². The molecule has 0 unspecified atom stereocenters. The molecule has 0 aromatic heterocycles. The normalized spacial score (nSPS) is 10.6. The second kappa shape index (κ2) is 7.24. The van der Waals surface area contributed by atoms with E-state index in [1.54, 1.807) is 6.08 Å². The first-order valence-corrected chi connectivity index (χ1v) is 7.41. The summed E-state index contributed by atoms with van der Waals surface area (Å²) in [5, 5.41) is 12.0. The van der Waals surface area contributed by atoms with Gasteiger partial charge in [0.25, 0.3) is 0 Å². The Kier molecular flexibility index (Phi) is 5.35. The van der Waals surface area contributed by atoms with Crippen LogP contribution in [-0.2, 0) is 4.79 Å². The average Bonchev–Trinajstić information content (AvgIpc) is 2.46. The van der Waals surface area contributed by atoms with Gasteiger partial charge in [0.2, 0.25) is 5.91 Å². The highest BCUT2D eigenvalue weighted by atomic mass is 79.9. The summed E-state index contributed by atoms with van der Waals surface area (Å²) < 4.78 is 0.855. The van der Waals surface area contributed by atoms with Crippen molar-refractivity contribution in [1.82, 2.24) is 0 Å². The standard InChI is InChI=1S/C16H11BrClNO3/c17-13-4-2-1-3-10(13)5-8-15(20)19-14-9-11(18)6-7-12(14)16(21)22/h1-9H,(H,19,20)(H,21,22). The van der Waals surface area contributed by atoms with Crippen molar-refractivity contribution in [3.8, 4) is 0 Å². The molecule has 2 aromatic carbocycles. The summed E-state index contributed by atoms with van der Waals surface area (Å²) in [6.45, 7) is 0. The highest BCUT2D eigenvalue weighted by molar-refractivity contribution is 9.10. The molecule has 0 fully saturated rings. The predicted octanol–water partition coefficient (Wildman–Crippen LogP) is 4.45. The highest BCUT2D eigenvalue weighted by Crippen LogP contribution is 2.21. The monoisotopic (exact) mass is 379 g/mol. The van der Waals surface area contributed by atoms with Crippen molar-refractivity contribution in [3.63, 3.8) is 0 Å². The van der Waals surface area contributed by atoms with E-state index in [0.29, 0.717) is 5.02 Å². The number of anilines is 1. The molecule has 0 radical (unpaired) electrons. The molecule has 0 aliphatic heterocycles. The third-order valence-corrected chi connectivity index (χ3v) is 3.75. The van der Waals surface area contributed by atoms with Crippen LogP contribution in [0.25, 0.3) is 6.08 Å². The molecule has 0 bridgehead atoms. The molecule has 0 saturated carbocycles. The van der Waals surface area contributed by atoms with Crippen LogP contribution in [0.15, 0.2) is 53.0 Å². The van der Waals surface area contributed by atoms with Crippen molar-refractivity contribution >= 4 is 51.2 Å². The van der Waals surface area contributed by atoms with Crippen molar-refractivity contribution in [2.24, 2.45) is 0 Å². The molecule has 4 nitrogen and oxygen atoms in total. The number of benzene rings is 2. The molecular weight excluding hydrogens is 370 g/mol. The lowest BCUT2D eigenvalue weighted by atomic mass is 10.1. The van der Waals surface area contributed by atoms with Crippen molar-refractivity contribution in [2.75, 3.05) is 5.32 Å². The van der Waals surface area contributed by atoms with E-state index >= 15 is 0 Å². The molecule has 0 saturated heterocycles. The van der Waals surface area contributed by atoms with E-state index in [-0.39, 0.29) is 11.3 Å². The fraction of sp³-hybridized carbons (Fsp3) is 0. The minimum absolute atomic E-state index is 0.0213. The zero-order valence-electron chi connectivity index (χ0n) is 11.2. The first-order chi connectivity index (χ1) is 10.5. The number of hydrogen-bond donors (Lipinski definition) is 2. The molecule has 0 heterocycles. The Labute approximate surface area is 140 Å². The summed E-state index contributed by atoms with van der Waals surface area (Å²) in [6, 6.07) is 11.6. The van der Waals surface area contributed by atoms with Crippen LogP contribution in [0.5, 0.6) is 0 Å². The van der Waals surface area contributed by atoms with E-state index in [4.69, 9.17) is 16.7 Å². The Hall–Kier alpha value is -2.11. The van der Waals surface area contributed by atoms with Gasteiger partial charge in [-0.2, -0.15) is 0 Å². The third-order valence-electron chi connectivity index (χ3n) is 2.79. The van der Waals surface area contributed by atoms with Gasteiger partial charge in [-0.1, -0.05) is 45.7 Å². The maximum Gasteiger partial charge on any atom is 0.337 e. The van der Waals surface area contributed by atoms with Crippen LogP contribution >= 0.6 is 27.5 Å². The summed E-state index contributed by atoms with van der Waals surface area (Å²) in [5.41, 5.74) is 0.969. The largest absolute Gasteiger partial charge is 0.478 e. The number of carboxylic acids is 1. The molecule has 2 rings (SSSR count). The zero-order chi connectivity index (χ0) is 16.1. The molecule has 0 atom stereocenters. The number of carbonyl (C=O) groups is 2. The van der Waals surface area contributed by atoms with Gasteiger partial charge in [-0.25, -0.2) is 4.79 Å². The Bertz CT molecular complexity index is 759. The first-order valence-electron chi connectivity index (χ1n) is 6.24. The van der Waals surface area contributed by atoms with Crippen LogP contribution in [0.3, 0.4) is 0 Å². The van der Waals surface area contributed by atoms with E-state index in [2.05, 4.69) is 21.2 Å². The zero-order valence-corrected chi connectivity index (χ0v) is 13.6. The number of aromatic carboxylic acids is 1. The lowest BCUT2D eigenvalue weighted by Gasteiger charge is -2.07. The summed E-state index contributed by atoms with van der Waals surface area (Å²) in [7, 11) is 0. The number of halogens is 2. The second-order valence-electron chi connectivity index (χ2n) is 4.34. The minimum atomic E-state index is -1.14. The molecule has 2 N–H and O–H groups in total. The quantitative estimate of drug-likeness (QED) is 0.770. The first kappa shape index (κ1) is 16.3. The average molecular weight is 381 g/mol. The Balaban J connectivity index is 2.18. The Morgan fingerprint density at radius 2 is 1.91 bits per heavy atom. The Morgan fingerprint density at radius 3 is 2.59 bits per heavy atom. The van der Waals surface area contributed by atoms with Gasteiger partial charge in [-0.3, -0.25) is 4.79 Å². The molecule has 0 aliphatic carbocycles. The van der Waals surface area contributed by atoms with E-state index in [9.17, 15) is 9.59 Å².